The molecule has 0 radical (unpaired) electrons. The van der Waals surface area contributed by atoms with Crippen molar-refractivity contribution in [3.05, 3.63) is 61.2 Å². The summed E-state index contributed by atoms with van der Waals surface area (Å²) in [4.78, 5) is 51.0. The highest BCUT2D eigenvalue weighted by molar-refractivity contribution is 5.99. The molecule has 0 aromatic heterocycles. The number of carbonyl (C=O) groups is 3. The number of aliphatic hydroxyl groups is 1. The van der Waals surface area contributed by atoms with E-state index in [-0.39, 0.29) is 30.2 Å². The molecule has 1 spiro atoms. The van der Waals surface area contributed by atoms with E-state index < -0.39 is 35.1 Å². The molecule has 0 saturated carbocycles. The van der Waals surface area contributed by atoms with Crippen LogP contribution >= 0.6 is 0 Å². The van der Waals surface area contributed by atoms with Crippen LogP contribution < -0.4 is 0 Å². The number of morpholine rings is 1. The molecular weight excluding hydrogens is 560 g/mol. The van der Waals surface area contributed by atoms with Gasteiger partial charge < -0.3 is 29.3 Å². The Morgan fingerprint density at radius 1 is 1.11 bits per heavy atom. The van der Waals surface area contributed by atoms with Crippen LogP contribution in [0.2, 0.25) is 0 Å². The molecule has 5 rings (SSSR count). The van der Waals surface area contributed by atoms with Crippen LogP contribution in [0.15, 0.2) is 55.6 Å². The summed E-state index contributed by atoms with van der Waals surface area (Å²) in [6.07, 6.45) is 3.87. The summed E-state index contributed by atoms with van der Waals surface area (Å²) in [5.41, 5.74) is -1.14. The molecule has 240 valence electrons. The molecule has 1 N–H and O–H groups in total. The number of amides is 3. The van der Waals surface area contributed by atoms with Crippen molar-refractivity contribution in [2.75, 3.05) is 59.1 Å². The van der Waals surface area contributed by atoms with Gasteiger partial charge in [0.1, 0.15) is 11.6 Å². The second kappa shape index (κ2) is 13.1. The largest absolute Gasteiger partial charge is 0.394 e. The van der Waals surface area contributed by atoms with Crippen molar-refractivity contribution in [2.45, 2.75) is 57.0 Å². The maximum Gasteiger partial charge on any atom is 0.248 e. The predicted molar refractivity (Wildman–Crippen MR) is 166 cm³/mol. The normalized spacial score (nSPS) is 31.9. The smallest absolute Gasteiger partial charge is 0.248 e. The molecule has 4 fully saturated rings. The summed E-state index contributed by atoms with van der Waals surface area (Å²) in [5.74, 6) is -2.41. The molecule has 3 amide bonds. The van der Waals surface area contributed by atoms with Gasteiger partial charge >= 0.3 is 0 Å². The third kappa shape index (κ3) is 5.50. The lowest BCUT2D eigenvalue weighted by atomic mass is 9.62. The minimum absolute atomic E-state index is 0.0799. The van der Waals surface area contributed by atoms with Gasteiger partial charge in [0.15, 0.2) is 0 Å². The van der Waals surface area contributed by atoms with Crippen molar-refractivity contribution >= 4 is 17.7 Å². The van der Waals surface area contributed by atoms with E-state index in [1.807, 2.05) is 44.2 Å². The van der Waals surface area contributed by atoms with Gasteiger partial charge in [-0.05, 0) is 31.7 Å². The Morgan fingerprint density at radius 3 is 2.41 bits per heavy atom. The third-order valence-electron chi connectivity index (χ3n) is 10.3. The molecule has 10 nitrogen and oxygen atoms in total. The molecule has 4 aliphatic heterocycles. The first kappa shape index (κ1) is 32.3. The quantitative estimate of drug-likeness (QED) is 0.342. The van der Waals surface area contributed by atoms with E-state index in [4.69, 9.17) is 9.47 Å². The minimum atomic E-state index is -1.18. The van der Waals surface area contributed by atoms with E-state index >= 15 is 0 Å². The number of benzene rings is 1. The lowest BCUT2D eigenvalue weighted by Gasteiger charge is -2.39. The van der Waals surface area contributed by atoms with Crippen molar-refractivity contribution in [2.24, 2.45) is 17.8 Å². The van der Waals surface area contributed by atoms with Crippen molar-refractivity contribution in [1.29, 1.82) is 0 Å². The summed E-state index contributed by atoms with van der Waals surface area (Å²) < 4.78 is 12.4. The zero-order valence-corrected chi connectivity index (χ0v) is 26.4. The van der Waals surface area contributed by atoms with E-state index in [2.05, 4.69) is 18.1 Å². The van der Waals surface area contributed by atoms with Crippen LogP contribution in [-0.2, 0) is 30.4 Å². The number of aliphatic hydroxyl groups excluding tert-OH is 1. The van der Waals surface area contributed by atoms with Crippen LogP contribution in [0, 0.1) is 17.8 Å². The van der Waals surface area contributed by atoms with E-state index in [0.29, 0.717) is 52.4 Å². The Morgan fingerprint density at radius 2 is 1.77 bits per heavy atom. The van der Waals surface area contributed by atoms with Crippen molar-refractivity contribution in [3.63, 3.8) is 0 Å². The average molecular weight is 609 g/mol. The number of fused-ring (bicyclic) bond motifs is 1. The first-order valence-electron chi connectivity index (χ1n) is 15.9. The molecule has 4 saturated heterocycles. The van der Waals surface area contributed by atoms with Gasteiger partial charge in [0.2, 0.25) is 17.7 Å². The first-order valence-corrected chi connectivity index (χ1v) is 15.9. The zero-order chi connectivity index (χ0) is 31.6. The summed E-state index contributed by atoms with van der Waals surface area (Å²) >= 11 is 0. The SMILES string of the molecule is C=CCN(CCN1CCOCC1)C(=O)C1N([C@H](C)CO)C(=O)[C@@H]2[C@@H](C(=O)N(CC=C)Cc3ccccc3)[C@]3(C)OC12CC3C. The summed E-state index contributed by atoms with van der Waals surface area (Å²) in [6.45, 7) is 18.2. The fourth-order valence-electron chi connectivity index (χ4n) is 7.99. The number of hydrogen-bond acceptors (Lipinski definition) is 7. The number of hydrogen-bond donors (Lipinski definition) is 1. The fraction of sp³-hybridized carbons (Fsp3) is 0.618. The van der Waals surface area contributed by atoms with E-state index in [1.165, 1.54) is 4.90 Å². The molecular formula is C34H48N4O6. The molecule has 7 atom stereocenters. The zero-order valence-electron chi connectivity index (χ0n) is 26.4. The Labute approximate surface area is 261 Å². The standard InChI is InChI=1S/C34H48N4O6/c1-6-13-36(16-15-35-17-19-43-20-18-35)32(42)29-34-21-24(3)33(5,44-34)27(28(34)31(41)38(29)25(4)23-39)30(40)37(14-7-2)22-26-11-9-8-10-12-26/h6-12,24-25,27-29,39H,1-2,13-23H2,3-5H3/t24?,25-,27+,28+,29?,33-,34?/m1/s1. The van der Waals surface area contributed by atoms with Crippen molar-refractivity contribution in [3.8, 4) is 0 Å². The third-order valence-corrected chi connectivity index (χ3v) is 10.3. The highest BCUT2D eigenvalue weighted by atomic mass is 16.5. The molecule has 4 heterocycles. The predicted octanol–water partition coefficient (Wildman–Crippen LogP) is 1.94. The second-order valence-corrected chi connectivity index (χ2v) is 13.0. The van der Waals surface area contributed by atoms with Gasteiger partial charge in [-0.1, -0.05) is 49.4 Å². The Hall–Kier alpha value is -3.05. The monoisotopic (exact) mass is 608 g/mol. The summed E-state index contributed by atoms with van der Waals surface area (Å²) in [6, 6.07) is 8.15. The van der Waals surface area contributed by atoms with Crippen LogP contribution in [-0.4, -0.2) is 125 Å². The van der Waals surface area contributed by atoms with Crippen LogP contribution in [0.25, 0.3) is 0 Å². The highest BCUT2D eigenvalue weighted by Crippen LogP contribution is 2.65. The number of rotatable bonds is 13. The van der Waals surface area contributed by atoms with Gasteiger partial charge in [0.05, 0.1) is 43.3 Å². The minimum Gasteiger partial charge on any atom is -0.394 e. The molecule has 10 heteroatoms. The lowest BCUT2D eigenvalue weighted by molar-refractivity contribution is -0.157. The van der Waals surface area contributed by atoms with Gasteiger partial charge in [-0.25, -0.2) is 0 Å². The van der Waals surface area contributed by atoms with E-state index in [9.17, 15) is 19.5 Å². The molecule has 2 bridgehead atoms. The van der Waals surface area contributed by atoms with E-state index in [1.54, 1.807) is 28.9 Å². The van der Waals surface area contributed by atoms with Gasteiger partial charge in [-0.2, -0.15) is 0 Å². The Kier molecular flexibility index (Phi) is 9.65. The summed E-state index contributed by atoms with van der Waals surface area (Å²) in [5, 5.41) is 10.3. The molecule has 44 heavy (non-hydrogen) atoms. The number of likely N-dealkylation sites (tertiary alicyclic amines) is 1. The molecule has 4 aliphatic rings. The number of ether oxygens (including phenoxy) is 2. The van der Waals surface area contributed by atoms with Gasteiger partial charge in [0, 0.05) is 45.8 Å². The van der Waals surface area contributed by atoms with Gasteiger partial charge in [0.25, 0.3) is 0 Å². The van der Waals surface area contributed by atoms with Crippen LogP contribution in [0.1, 0.15) is 32.8 Å². The molecule has 1 aromatic rings. The lowest BCUT2D eigenvalue weighted by Crippen LogP contribution is -2.59. The molecule has 1 aromatic carbocycles. The van der Waals surface area contributed by atoms with Crippen LogP contribution in [0.5, 0.6) is 0 Å². The van der Waals surface area contributed by atoms with E-state index in [0.717, 1.165) is 18.7 Å². The number of carbonyl (C=O) groups excluding carboxylic acids is 3. The summed E-state index contributed by atoms with van der Waals surface area (Å²) in [7, 11) is 0. The topological polar surface area (TPSA) is 103 Å². The second-order valence-electron chi connectivity index (χ2n) is 13.0. The van der Waals surface area contributed by atoms with Crippen molar-refractivity contribution in [1.82, 2.24) is 19.6 Å². The molecule has 0 aliphatic carbocycles. The Bertz CT molecular complexity index is 1240. The maximum absolute atomic E-state index is 14.6. The maximum atomic E-state index is 14.6. The average Bonchev–Trinajstić information content (AvgIpc) is 3.55. The molecule has 3 unspecified atom stereocenters. The van der Waals surface area contributed by atoms with Crippen LogP contribution in [0.3, 0.4) is 0 Å². The number of nitrogens with zero attached hydrogens (tertiary/aromatic N) is 4. The highest BCUT2D eigenvalue weighted by Gasteiger charge is 2.80. The van der Waals surface area contributed by atoms with Gasteiger partial charge in [-0.15, -0.1) is 13.2 Å². The van der Waals surface area contributed by atoms with Crippen molar-refractivity contribution < 1.29 is 29.0 Å². The Balaban J connectivity index is 1.51. The van der Waals surface area contributed by atoms with Crippen LogP contribution in [0.4, 0.5) is 0 Å². The first-order chi connectivity index (χ1) is 21.1. The fourth-order valence-corrected chi connectivity index (χ4v) is 7.99. The van der Waals surface area contributed by atoms with Gasteiger partial charge in [-0.3, -0.25) is 19.3 Å².